The summed E-state index contributed by atoms with van der Waals surface area (Å²) in [5.41, 5.74) is 3.31. The number of carbonyl (C=O) groups excluding carboxylic acids is 1. The van der Waals surface area contributed by atoms with E-state index in [9.17, 15) is 4.79 Å². The van der Waals surface area contributed by atoms with Crippen LogP contribution in [0.1, 0.15) is 129 Å². The van der Waals surface area contributed by atoms with Crippen molar-refractivity contribution in [3.05, 3.63) is 41.0 Å². The van der Waals surface area contributed by atoms with Gasteiger partial charge in [0, 0.05) is 12.0 Å². The van der Waals surface area contributed by atoms with Gasteiger partial charge in [-0.3, -0.25) is 4.79 Å². The quantitative estimate of drug-likeness (QED) is 0.179. The smallest absolute Gasteiger partial charge is 0.165 e. The van der Waals surface area contributed by atoms with E-state index in [4.69, 9.17) is 4.74 Å². The summed E-state index contributed by atoms with van der Waals surface area (Å²) in [6.07, 6.45) is 20.8. The summed E-state index contributed by atoms with van der Waals surface area (Å²) in [4.78, 5) is 13.0. The number of rotatable bonds is 16. The normalized spacial score (nSPS) is 24.4. The summed E-state index contributed by atoms with van der Waals surface area (Å²) >= 11 is 0. The fourth-order valence-corrected chi connectivity index (χ4v) is 6.22. The summed E-state index contributed by atoms with van der Waals surface area (Å²) < 4.78 is 5.91. The zero-order chi connectivity index (χ0) is 24.4. The third-order valence-electron chi connectivity index (χ3n) is 9.08. The number of Topliss-reactive ketones (excluding diaryl/α,β-unsaturated/α-hetero) is 1. The molecule has 0 radical (unpaired) electrons. The van der Waals surface area contributed by atoms with E-state index in [1.54, 1.807) is 0 Å². The van der Waals surface area contributed by atoms with Crippen LogP contribution in [0.3, 0.4) is 0 Å². The zero-order valence-electron chi connectivity index (χ0n) is 22.6. The van der Waals surface area contributed by atoms with E-state index < -0.39 is 0 Å². The summed E-state index contributed by atoms with van der Waals surface area (Å²) in [6.45, 7) is 10.5. The van der Waals surface area contributed by atoms with Crippen LogP contribution in [0.4, 0.5) is 0 Å². The van der Waals surface area contributed by atoms with E-state index in [1.807, 2.05) is 0 Å². The van der Waals surface area contributed by atoms with Gasteiger partial charge in [-0.05, 0) is 53.4 Å². The monoisotopic (exact) mass is 466 g/mol. The van der Waals surface area contributed by atoms with Crippen molar-refractivity contribution in [2.75, 3.05) is 6.61 Å². The number of fused-ring (bicyclic) bond motifs is 2. The van der Waals surface area contributed by atoms with Crippen LogP contribution < -0.4 is 0 Å². The Kier molecular flexibility index (Phi) is 10.4. The highest BCUT2D eigenvalue weighted by Gasteiger charge is 2.63. The Bertz CT molecular complexity index is 788. The molecular weight excluding hydrogens is 416 g/mol. The van der Waals surface area contributed by atoms with Crippen molar-refractivity contribution in [1.82, 2.24) is 0 Å². The first-order valence-electron chi connectivity index (χ1n) is 14.3. The molecule has 0 aliphatic heterocycles. The van der Waals surface area contributed by atoms with Gasteiger partial charge in [0.25, 0.3) is 0 Å². The largest absolute Gasteiger partial charge is 0.377 e. The lowest BCUT2D eigenvalue weighted by Gasteiger charge is -2.31. The maximum absolute atomic E-state index is 13.0. The number of ketones is 1. The molecule has 0 spiro atoms. The highest BCUT2D eigenvalue weighted by Crippen LogP contribution is 2.65. The summed E-state index contributed by atoms with van der Waals surface area (Å²) in [5.74, 6) is 0.784. The fraction of sp³-hybridized carbons (Fsp3) is 0.719. The molecule has 2 saturated carbocycles. The number of ether oxygens (including phenoxy) is 1. The molecule has 190 valence electrons. The number of hydrogen-bond donors (Lipinski definition) is 0. The number of allylic oxidation sites excluding steroid dienone is 1. The molecule has 2 fully saturated rings. The fourth-order valence-electron chi connectivity index (χ4n) is 6.22. The lowest BCUT2D eigenvalue weighted by atomic mass is 9.70. The van der Waals surface area contributed by atoms with E-state index in [-0.39, 0.29) is 10.8 Å². The number of carbonyl (C=O) groups is 1. The molecule has 2 aliphatic rings. The molecule has 0 saturated heterocycles. The van der Waals surface area contributed by atoms with Crippen LogP contribution in [0.15, 0.2) is 29.8 Å². The Morgan fingerprint density at radius 2 is 1.41 bits per heavy atom. The Morgan fingerprint density at radius 1 is 0.853 bits per heavy atom. The van der Waals surface area contributed by atoms with Gasteiger partial charge in [-0.1, -0.05) is 123 Å². The van der Waals surface area contributed by atoms with Gasteiger partial charge in [0.05, 0.1) is 6.61 Å². The van der Waals surface area contributed by atoms with Gasteiger partial charge < -0.3 is 4.74 Å². The Morgan fingerprint density at radius 3 is 1.94 bits per heavy atom. The van der Waals surface area contributed by atoms with Crippen LogP contribution in [0, 0.1) is 16.7 Å². The van der Waals surface area contributed by atoms with Crippen molar-refractivity contribution in [2.24, 2.45) is 16.7 Å². The third kappa shape index (κ3) is 6.62. The topological polar surface area (TPSA) is 26.3 Å². The van der Waals surface area contributed by atoms with Crippen LogP contribution in [0.25, 0.3) is 6.08 Å². The number of unbranched alkanes of at least 4 members (excludes halogenated alkanes) is 11. The second-order valence-electron chi connectivity index (χ2n) is 11.8. The first-order chi connectivity index (χ1) is 16.4. The minimum absolute atomic E-state index is 0.0809. The molecule has 2 atom stereocenters. The molecule has 34 heavy (non-hydrogen) atoms. The van der Waals surface area contributed by atoms with Crippen LogP contribution in [-0.2, 0) is 16.1 Å². The van der Waals surface area contributed by atoms with Crippen molar-refractivity contribution in [1.29, 1.82) is 0 Å². The van der Waals surface area contributed by atoms with E-state index >= 15 is 0 Å². The number of hydrogen-bond acceptors (Lipinski definition) is 2. The molecule has 1 aromatic carbocycles. The molecule has 1 aromatic rings. The zero-order valence-corrected chi connectivity index (χ0v) is 22.6. The summed E-state index contributed by atoms with van der Waals surface area (Å²) in [5, 5.41) is 0. The molecule has 0 amide bonds. The molecule has 2 unspecified atom stereocenters. The third-order valence-corrected chi connectivity index (χ3v) is 9.08. The van der Waals surface area contributed by atoms with Crippen molar-refractivity contribution in [3.63, 3.8) is 0 Å². The van der Waals surface area contributed by atoms with Crippen molar-refractivity contribution < 1.29 is 9.53 Å². The second-order valence-corrected chi connectivity index (χ2v) is 11.8. The highest BCUT2D eigenvalue weighted by molar-refractivity contribution is 6.07. The van der Waals surface area contributed by atoms with E-state index in [0.717, 1.165) is 30.6 Å². The van der Waals surface area contributed by atoms with Gasteiger partial charge in [0.1, 0.15) is 0 Å². The molecule has 0 heterocycles. The molecule has 0 N–H and O–H groups in total. The van der Waals surface area contributed by atoms with Gasteiger partial charge in [0.2, 0.25) is 0 Å². The summed E-state index contributed by atoms with van der Waals surface area (Å²) in [7, 11) is 0. The van der Waals surface area contributed by atoms with Gasteiger partial charge in [-0.2, -0.15) is 0 Å². The van der Waals surface area contributed by atoms with Gasteiger partial charge in [-0.25, -0.2) is 0 Å². The standard InChI is InChI=1S/C32H50O2/c1-5-6-7-8-9-10-11-12-13-14-15-16-23-34-25-27-19-17-26(18-20-27)24-28-29-21-22-32(4,30(28)33)31(29,2)3/h17-20,24,29H,5-16,21-23,25H2,1-4H3/b28-24-. The molecule has 2 nitrogen and oxygen atoms in total. The molecule has 2 bridgehead atoms. The van der Waals surface area contributed by atoms with Gasteiger partial charge in [-0.15, -0.1) is 0 Å². The second kappa shape index (κ2) is 13.1. The first-order valence-corrected chi connectivity index (χ1v) is 14.3. The lowest BCUT2D eigenvalue weighted by molar-refractivity contribution is -0.125. The van der Waals surface area contributed by atoms with Crippen LogP contribution in [0.2, 0.25) is 0 Å². The molecule has 0 aromatic heterocycles. The average molecular weight is 467 g/mol. The molecule has 3 rings (SSSR count). The van der Waals surface area contributed by atoms with E-state index in [0.29, 0.717) is 18.3 Å². The van der Waals surface area contributed by atoms with Crippen molar-refractivity contribution in [2.45, 2.75) is 124 Å². The Hall–Kier alpha value is -1.41. The van der Waals surface area contributed by atoms with Crippen LogP contribution >= 0.6 is 0 Å². The van der Waals surface area contributed by atoms with Crippen molar-refractivity contribution >= 4 is 11.9 Å². The highest BCUT2D eigenvalue weighted by atomic mass is 16.5. The van der Waals surface area contributed by atoms with Crippen LogP contribution in [-0.4, -0.2) is 12.4 Å². The maximum atomic E-state index is 13.0. The summed E-state index contributed by atoms with van der Waals surface area (Å²) in [6, 6.07) is 8.59. The molecular formula is C32H50O2. The average Bonchev–Trinajstić information content (AvgIpc) is 3.14. The van der Waals surface area contributed by atoms with Crippen molar-refractivity contribution in [3.8, 4) is 0 Å². The Labute approximate surface area is 209 Å². The predicted molar refractivity (Wildman–Crippen MR) is 145 cm³/mol. The lowest BCUT2D eigenvalue weighted by Crippen LogP contribution is -2.32. The Balaban J connectivity index is 1.26. The van der Waals surface area contributed by atoms with E-state index in [2.05, 4.69) is 58.0 Å². The molecule has 2 aliphatic carbocycles. The minimum atomic E-state index is -0.175. The van der Waals surface area contributed by atoms with E-state index in [1.165, 1.54) is 82.6 Å². The maximum Gasteiger partial charge on any atom is 0.165 e. The first kappa shape index (κ1) is 27.2. The van der Waals surface area contributed by atoms with Crippen LogP contribution in [0.5, 0.6) is 0 Å². The number of benzene rings is 1. The molecule has 2 heteroatoms. The predicted octanol–water partition coefficient (Wildman–Crippen LogP) is 9.31. The SMILES string of the molecule is CCCCCCCCCCCCCCOCc1ccc(/C=C2\C(=O)C3(C)CCC2C3(C)C)cc1. The minimum Gasteiger partial charge on any atom is -0.377 e. The van der Waals surface area contributed by atoms with Gasteiger partial charge >= 0.3 is 0 Å². The van der Waals surface area contributed by atoms with Gasteiger partial charge in [0.15, 0.2) is 5.78 Å².